The van der Waals surface area contributed by atoms with Gasteiger partial charge in [-0.25, -0.2) is 4.79 Å². The molecule has 0 saturated heterocycles. The van der Waals surface area contributed by atoms with Crippen LogP contribution in [0.4, 0.5) is 0 Å². The number of rotatable bonds is 4. The van der Waals surface area contributed by atoms with Gasteiger partial charge < -0.3 is 10.1 Å². The van der Waals surface area contributed by atoms with Gasteiger partial charge in [-0.1, -0.05) is 27.7 Å². The SMILES string of the molecule is COC(=O)C(=O)NCC(C(C)C)C(C)C. The van der Waals surface area contributed by atoms with Gasteiger partial charge in [-0.05, 0) is 17.8 Å². The number of hydrogen-bond acceptors (Lipinski definition) is 3. The molecule has 0 aromatic rings. The zero-order valence-corrected chi connectivity index (χ0v) is 10.2. The van der Waals surface area contributed by atoms with Crippen molar-refractivity contribution in [3.05, 3.63) is 0 Å². The van der Waals surface area contributed by atoms with Crippen LogP contribution in [0.2, 0.25) is 0 Å². The van der Waals surface area contributed by atoms with Crippen molar-refractivity contribution in [3.63, 3.8) is 0 Å². The molecule has 0 aromatic carbocycles. The zero-order valence-electron chi connectivity index (χ0n) is 10.2. The minimum Gasteiger partial charge on any atom is -0.462 e. The molecular weight excluding hydrogens is 194 g/mol. The van der Waals surface area contributed by atoms with Gasteiger partial charge in [0, 0.05) is 6.54 Å². The molecule has 0 aliphatic heterocycles. The minimum atomic E-state index is -0.832. The van der Waals surface area contributed by atoms with Crippen molar-refractivity contribution in [1.82, 2.24) is 5.32 Å². The van der Waals surface area contributed by atoms with Crippen molar-refractivity contribution in [3.8, 4) is 0 Å². The van der Waals surface area contributed by atoms with Crippen LogP contribution in [-0.2, 0) is 14.3 Å². The van der Waals surface area contributed by atoms with Gasteiger partial charge >= 0.3 is 11.9 Å². The molecule has 0 radical (unpaired) electrons. The molecule has 4 heteroatoms. The predicted molar refractivity (Wildman–Crippen MR) is 58.2 cm³/mol. The highest BCUT2D eigenvalue weighted by Crippen LogP contribution is 2.19. The van der Waals surface area contributed by atoms with Crippen LogP contribution < -0.4 is 5.32 Å². The van der Waals surface area contributed by atoms with E-state index in [9.17, 15) is 9.59 Å². The molecule has 0 saturated carbocycles. The lowest BCUT2D eigenvalue weighted by atomic mass is 9.85. The fraction of sp³-hybridized carbons (Fsp3) is 0.818. The summed E-state index contributed by atoms with van der Waals surface area (Å²) in [6.07, 6.45) is 0. The first-order valence-electron chi connectivity index (χ1n) is 5.26. The third kappa shape index (κ3) is 4.81. The summed E-state index contributed by atoms with van der Waals surface area (Å²) in [5.74, 6) is -0.172. The van der Waals surface area contributed by atoms with E-state index in [-0.39, 0.29) is 0 Å². The summed E-state index contributed by atoms with van der Waals surface area (Å²) in [7, 11) is 1.20. The average Bonchev–Trinajstić information content (AvgIpc) is 2.15. The molecule has 0 aliphatic carbocycles. The van der Waals surface area contributed by atoms with E-state index in [1.165, 1.54) is 7.11 Å². The van der Waals surface area contributed by atoms with Crippen molar-refractivity contribution in [2.24, 2.45) is 17.8 Å². The zero-order chi connectivity index (χ0) is 12.0. The van der Waals surface area contributed by atoms with E-state index >= 15 is 0 Å². The van der Waals surface area contributed by atoms with Gasteiger partial charge in [0.1, 0.15) is 0 Å². The van der Waals surface area contributed by atoms with Crippen LogP contribution in [0.25, 0.3) is 0 Å². The molecule has 0 spiro atoms. The Balaban J connectivity index is 4.11. The standard InChI is InChI=1S/C11H21NO3/c1-7(2)9(8(3)4)6-12-10(13)11(14)15-5/h7-9H,6H2,1-5H3,(H,12,13). The van der Waals surface area contributed by atoms with Crippen molar-refractivity contribution >= 4 is 11.9 Å². The van der Waals surface area contributed by atoms with Crippen LogP contribution in [0.5, 0.6) is 0 Å². The molecule has 0 atom stereocenters. The molecule has 15 heavy (non-hydrogen) atoms. The van der Waals surface area contributed by atoms with E-state index in [0.29, 0.717) is 24.3 Å². The molecule has 0 heterocycles. The summed E-state index contributed by atoms with van der Waals surface area (Å²) >= 11 is 0. The summed E-state index contributed by atoms with van der Waals surface area (Å²) in [5, 5.41) is 2.58. The van der Waals surface area contributed by atoms with Gasteiger partial charge in [0.2, 0.25) is 0 Å². The summed E-state index contributed by atoms with van der Waals surface area (Å²) in [6.45, 7) is 8.94. The second kappa shape index (κ2) is 6.43. The second-order valence-corrected chi connectivity index (χ2v) is 4.35. The van der Waals surface area contributed by atoms with Gasteiger partial charge in [0.05, 0.1) is 7.11 Å². The van der Waals surface area contributed by atoms with Crippen LogP contribution in [0, 0.1) is 17.8 Å². The van der Waals surface area contributed by atoms with Gasteiger partial charge in [-0.3, -0.25) is 4.79 Å². The van der Waals surface area contributed by atoms with E-state index in [0.717, 1.165) is 0 Å². The predicted octanol–water partition coefficient (Wildman–Crippen LogP) is 1.20. The molecule has 0 fully saturated rings. The summed E-state index contributed by atoms with van der Waals surface area (Å²) < 4.78 is 4.31. The van der Waals surface area contributed by atoms with Gasteiger partial charge in [-0.15, -0.1) is 0 Å². The molecular formula is C11H21NO3. The van der Waals surface area contributed by atoms with Crippen molar-refractivity contribution in [2.75, 3.05) is 13.7 Å². The number of nitrogens with one attached hydrogen (secondary N) is 1. The highest BCUT2D eigenvalue weighted by molar-refractivity contribution is 6.32. The molecule has 88 valence electrons. The second-order valence-electron chi connectivity index (χ2n) is 4.35. The van der Waals surface area contributed by atoms with E-state index in [4.69, 9.17) is 0 Å². The number of amides is 1. The summed E-state index contributed by atoms with van der Waals surface area (Å²) in [4.78, 5) is 22.0. The maximum atomic E-state index is 11.1. The largest absolute Gasteiger partial charge is 0.462 e. The molecule has 4 nitrogen and oxygen atoms in total. The smallest absolute Gasteiger partial charge is 0.396 e. The van der Waals surface area contributed by atoms with E-state index in [1.807, 2.05) is 0 Å². The lowest BCUT2D eigenvalue weighted by molar-refractivity contribution is -0.152. The first-order chi connectivity index (χ1) is 6.90. The third-order valence-electron chi connectivity index (χ3n) is 2.58. The fourth-order valence-corrected chi connectivity index (χ4v) is 1.62. The quantitative estimate of drug-likeness (QED) is 0.566. The molecule has 1 amide bonds. The van der Waals surface area contributed by atoms with Gasteiger partial charge in [0.25, 0.3) is 0 Å². The van der Waals surface area contributed by atoms with E-state index in [1.54, 1.807) is 0 Å². The first-order valence-corrected chi connectivity index (χ1v) is 5.26. The molecule has 0 aliphatic rings. The molecule has 1 N–H and O–H groups in total. The van der Waals surface area contributed by atoms with Crippen molar-refractivity contribution in [2.45, 2.75) is 27.7 Å². The van der Waals surface area contributed by atoms with Gasteiger partial charge in [-0.2, -0.15) is 0 Å². The number of esters is 1. The highest BCUT2D eigenvalue weighted by Gasteiger charge is 2.20. The molecule has 0 unspecified atom stereocenters. The average molecular weight is 215 g/mol. The lowest BCUT2D eigenvalue weighted by Gasteiger charge is -2.24. The van der Waals surface area contributed by atoms with E-state index < -0.39 is 11.9 Å². The Morgan fingerprint density at radius 3 is 1.93 bits per heavy atom. The number of carbonyl (C=O) groups is 2. The molecule has 0 aromatic heterocycles. The van der Waals surface area contributed by atoms with Crippen LogP contribution >= 0.6 is 0 Å². The number of ether oxygens (including phenoxy) is 1. The van der Waals surface area contributed by atoms with Crippen molar-refractivity contribution < 1.29 is 14.3 Å². The third-order valence-corrected chi connectivity index (χ3v) is 2.58. The minimum absolute atomic E-state index is 0.374. The normalized spacial score (nSPS) is 10.9. The fourth-order valence-electron chi connectivity index (χ4n) is 1.62. The summed E-state index contributed by atoms with van der Waals surface area (Å²) in [6, 6.07) is 0. The monoisotopic (exact) mass is 215 g/mol. The number of carbonyl (C=O) groups excluding carboxylic acids is 2. The van der Waals surface area contributed by atoms with Crippen LogP contribution in [0.1, 0.15) is 27.7 Å². The van der Waals surface area contributed by atoms with E-state index in [2.05, 4.69) is 37.7 Å². The lowest BCUT2D eigenvalue weighted by Crippen LogP contribution is -2.38. The Morgan fingerprint density at radius 2 is 1.60 bits per heavy atom. The Morgan fingerprint density at radius 1 is 1.13 bits per heavy atom. The Hall–Kier alpha value is -1.06. The van der Waals surface area contributed by atoms with Crippen LogP contribution in [0.15, 0.2) is 0 Å². The maximum Gasteiger partial charge on any atom is 0.396 e. The number of methoxy groups -OCH3 is 1. The van der Waals surface area contributed by atoms with Crippen LogP contribution in [-0.4, -0.2) is 25.5 Å². The molecule has 0 bridgehead atoms. The molecule has 0 rings (SSSR count). The maximum absolute atomic E-state index is 11.1. The summed E-state index contributed by atoms with van der Waals surface area (Å²) in [5.41, 5.74) is 0. The topological polar surface area (TPSA) is 55.4 Å². The van der Waals surface area contributed by atoms with Crippen LogP contribution in [0.3, 0.4) is 0 Å². The Bertz CT molecular complexity index is 216. The highest BCUT2D eigenvalue weighted by atomic mass is 16.5. The number of hydrogen-bond donors (Lipinski definition) is 1. The van der Waals surface area contributed by atoms with Gasteiger partial charge in [0.15, 0.2) is 0 Å². The Kier molecular flexibility index (Phi) is 5.97. The Labute approximate surface area is 91.4 Å². The first kappa shape index (κ1) is 13.9. The van der Waals surface area contributed by atoms with Crippen molar-refractivity contribution in [1.29, 1.82) is 0 Å².